The van der Waals surface area contributed by atoms with Gasteiger partial charge < -0.3 is 14.4 Å². The van der Waals surface area contributed by atoms with Crippen LogP contribution < -0.4 is 0 Å². The molecule has 0 N–H and O–H groups in total. The van der Waals surface area contributed by atoms with Crippen molar-refractivity contribution >= 4 is 11.9 Å². The van der Waals surface area contributed by atoms with Gasteiger partial charge in [0.25, 0.3) is 0 Å². The van der Waals surface area contributed by atoms with Gasteiger partial charge in [-0.2, -0.15) is 0 Å². The van der Waals surface area contributed by atoms with Crippen LogP contribution in [0.2, 0.25) is 0 Å². The van der Waals surface area contributed by atoms with Gasteiger partial charge in [-0.05, 0) is 33.6 Å². The lowest BCUT2D eigenvalue weighted by Crippen LogP contribution is -2.54. The molecule has 2 aliphatic rings. The Bertz CT molecular complexity index is 360. The highest BCUT2D eigenvalue weighted by atomic mass is 16.6. The van der Waals surface area contributed by atoms with Crippen molar-refractivity contribution in [1.29, 1.82) is 0 Å². The Labute approximate surface area is 107 Å². The number of nitrogens with zero attached hydrogens (tertiary/aromatic N) is 1. The Balaban J connectivity index is 2.03. The molecule has 2 heterocycles. The van der Waals surface area contributed by atoms with E-state index < -0.39 is 11.2 Å². The maximum Gasteiger partial charge on any atom is 0.410 e. The number of carbonyl (C=O) groups excluding carboxylic acids is 2. The second-order valence-corrected chi connectivity index (χ2v) is 6.02. The number of hydrogen-bond donors (Lipinski definition) is 0. The minimum Gasteiger partial charge on any atom is -0.444 e. The van der Waals surface area contributed by atoms with Crippen molar-refractivity contribution in [3.8, 4) is 0 Å². The van der Waals surface area contributed by atoms with E-state index in [1.165, 1.54) is 0 Å². The first kappa shape index (κ1) is 13.3. The molecule has 0 aromatic carbocycles. The van der Waals surface area contributed by atoms with Crippen LogP contribution in [-0.2, 0) is 14.3 Å². The molecule has 102 valence electrons. The smallest absolute Gasteiger partial charge is 0.410 e. The number of ether oxygens (including phenoxy) is 2. The molecule has 2 aliphatic heterocycles. The Morgan fingerprint density at radius 1 is 1.44 bits per heavy atom. The molecule has 1 atom stereocenters. The molecule has 0 aromatic heterocycles. The van der Waals surface area contributed by atoms with E-state index in [9.17, 15) is 9.59 Å². The van der Waals surface area contributed by atoms with Crippen molar-refractivity contribution in [1.82, 2.24) is 4.90 Å². The average molecular weight is 255 g/mol. The Morgan fingerprint density at radius 3 is 2.72 bits per heavy atom. The molecule has 0 radical (unpaired) electrons. The summed E-state index contributed by atoms with van der Waals surface area (Å²) in [4.78, 5) is 25.5. The zero-order valence-corrected chi connectivity index (χ0v) is 11.3. The third kappa shape index (κ3) is 2.66. The fraction of sp³-hybridized carbons (Fsp3) is 0.846. The molecule has 2 fully saturated rings. The molecule has 18 heavy (non-hydrogen) atoms. The van der Waals surface area contributed by atoms with Gasteiger partial charge in [0.2, 0.25) is 0 Å². The molecular weight excluding hydrogens is 234 g/mol. The number of Topliss-reactive ketones (excluding diaryl/α,β-unsaturated/α-hetero) is 1. The highest BCUT2D eigenvalue weighted by molar-refractivity contribution is 5.90. The van der Waals surface area contributed by atoms with E-state index in [1.807, 2.05) is 20.8 Å². The average Bonchev–Trinajstić information content (AvgIpc) is 2.58. The number of likely N-dealkylation sites (tertiary alicyclic amines) is 1. The molecule has 2 saturated heterocycles. The van der Waals surface area contributed by atoms with Crippen LogP contribution in [0.3, 0.4) is 0 Å². The van der Waals surface area contributed by atoms with Crippen LogP contribution in [0.4, 0.5) is 4.79 Å². The molecule has 1 spiro atoms. The first-order chi connectivity index (χ1) is 8.32. The van der Waals surface area contributed by atoms with Gasteiger partial charge in [-0.15, -0.1) is 0 Å². The number of hydrogen-bond acceptors (Lipinski definition) is 4. The lowest BCUT2D eigenvalue weighted by Gasteiger charge is -2.38. The van der Waals surface area contributed by atoms with Crippen LogP contribution in [-0.4, -0.2) is 47.7 Å². The molecule has 5 nitrogen and oxygen atoms in total. The monoisotopic (exact) mass is 255 g/mol. The number of amides is 1. The van der Waals surface area contributed by atoms with E-state index in [0.29, 0.717) is 32.5 Å². The summed E-state index contributed by atoms with van der Waals surface area (Å²) in [6.07, 6.45) is 1.60. The van der Waals surface area contributed by atoms with Gasteiger partial charge in [-0.3, -0.25) is 4.79 Å². The van der Waals surface area contributed by atoms with Crippen LogP contribution >= 0.6 is 0 Å². The summed E-state index contributed by atoms with van der Waals surface area (Å²) in [5.74, 6) is 0.121. The van der Waals surface area contributed by atoms with E-state index in [4.69, 9.17) is 9.47 Å². The number of ketones is 1. The number of carbonyl (C=O) groups is 2. The molecular formula is C13H21NO4. The maximum atomic E-state index is 12.0. The predicted molar refractivity (Wildman–Crippen MR) is 65.3 cm³/mol. The second-order valence-electron chi connectivity index (χ2n) is 6.02. The molecule has 0 saturated carbocycles. The number of rotatable bonds is 0. The molecule has 2 rings (SSSR count). The fourth-order valence-electron chi connectivity index (χ4n) is 2.50. The summed E-state index contributed by atoms with van der Waals surface area (Å²) in [6, 6.07) is 0. The van der Waals surface area contributed by atoms with E-state index in [-0.39, 0.29) is 11.9 Å². The SMILES string of the molecule is CC(C)(C)OC(=O)N1CCCC2(C1)OCCC2=O. The van der Waals surface area contributed by atoms with Crippen molar-refractivity contribution in [3.63, 3.8) is 0 Å². The van der Waals surface area contributed by atoms with Crippen molar-refractivity contribution < 1.29 is 19.1 Å². The third-order valence-electron chi connectivity index (χ3n) is 3.32. The lowest BCUT2D eigenvalue weighted by molar-refractivity contribution is -0.137. The lowest BCUT2D eigenvalue weighted by atomic mass is 9.89. The Hall–Kier alpha value is -1.10. The van der Waals surface area contributed by atoms with Crippen LogP contribution in [0.1, 0.15) is 40.0 Å². The van der Waals surface area contributed by atoms with E-state index in [0.717, 1.165) is 6.42 Å². The minimum absolute atomic E-state index is 0.121. The van der Waals surface area contributed by atoms with Crippen molar-refractivity contribution in [3.05, 3.63) is 0 Å². The molecule has 0 aliphatic carbocycles. The van der Waals surface area contributed by atoms with Crippen LogP contribution in [0, 0.1) is 0 Å². The van der Waals surface area contributed by atoms with Crippen LogP contribution in [0.25, 0.3) is 0 Å². The normalized spacial score (nSPS) is 28.8. The topological polar surface area (TPSA) is 55.8 Å². The van der Waals surface area contributed by atoms with Crippen LogP contribution in [0.5, 0.6) is 0 Å². The van der Waals surface area contributed by atoms with Crippen molar-refractivity contribution in [2.45, 2.75) is 51.2 Å². The second kappa shape index (κ2) is 4.53. The highest BCUT2D eigenvalue weighted by Crippen LogP contribution is 2.32. The largest absolute Gasteiger partial charge is 0.444 e. The molecule has 1 amide bonds. The summed E-state index contributed by atoms with van der Waals surface area (Å²) < 4.78 is 10.9. The van der Waals surface area contributed by atoms with Gasteiger partial charge in [0.05, 0.1) is 13.2 Å². The van der Waals surface area contributed by atoms with Gasteiger partial charge in [-0.25, -0.2) is 4.79 Å². The molecule has 1 unspecified atom stereocenters. The van der Waals surface area contributed by atoms with E-state index in [2.05, 4.69) is 0 Å². The van der Waals surface area contributed by atoms with Crippen LogP contribution in [0.15, 0.2) is 0 Å². The number of piperidine rings is 1. The highest BCUT2D eigenvalue weighted by Gasteiger charge is 2.47. The summed E-state index contributed by atoms with van der Waals surface area (Å²) >= 11 is 0. The summed E-state index contributed by atoms with van der Waals surface area (Å²) in [7, 11) is 0. The van der Waals surface area contributed by atoms with Gasteiger partial charge in [0.1, 0.15) is 11.2 Å². The summed E-state index contributed by atoms with van der Waals surface area (Å²) in [5.41, 5.74) is -1.27. The zero-order chi connectivity index (χ0) is 13.4. The fourth-order valence-corrected chi connectivity index (χ4v) is 2.50. The Morgan fingerprint density at radius 2 is 2.17 bits per heavy atom. The quantitative estimate of drug-likeness (QED) is 0.661. The standard InChI is InChI=1S/C13H21NO4/c1-12(2,3)18-11(16)14-7-4-6-13(9-14)10(15)5-8-17-13/h4-9H2,1-3H3. The summed E-state index contributed by atoms with van der Waals surface area (Å²) in [6.45, 7) is 6.94. The summed E-state index contributed by atoms with van der Waals surface area (Å²) in [5, 5.41) is 0. The third-order valence-corrected chi connectivity index (χ3v) is 3.32. The van der Waals surface area contributed by atoms with E-state index in [1.54, 1.807) is 4.90 Å². The van der Waals surface area contributed by atoms with Crippen molar-refractivity contribution in [2.24, 2.45) is 0 Å². The molecule has 5 heteroatoms. The first-order valence-corrected chi connectivity index (χ1v) is 6.48. The molecule has 0 bridgehead atoms. The zero-order valence-electron chi connectivity index (χ0n) is 11.3. The Kier molecular flexibility index (Phi) is 3.36. The first-order valence-electron chi connectivity index (χ1n) is 6.48. The van der Waals surface area contributed by atoms with Gasteiger partial charge in [0, 0.05) is 13.0 Å². The van der Waals surface area contributed by atoms with Crippen molar-refractivity contribution in [2.75, 3.05) is 19.7 Å². The predicted octanol–water partition coefficient (Wildman–Crippen LogP) is 1.75. The maximum absolute atomic E-state index is 12.0. The van der Waals surface area contributed by atoms with Gasteiger partial charge >= 0.3 is 6.09 Å². The minimum atomic E-state index is -0.755. The van der Waals surface area contributed by atoms with E-state index >= 15 is 0 Å². The van der Waals surface area contributed by atoms with Gasteiger partial charge in [0.15, 0.2) is 5.78 Å². The van der Waals surface area contributed by atoms with Gasteiger partial charge in [-0.1, -0.05) is 0 Å². The molecule has 0 aromatic rings.